The van der Waals surface area contributed by atoms with Crippen molar-refractivity contribution in [2.45, 2.75) is 31.8 Å². The number of hydrogen-bond acceptors (Lipinski definition) is 4. The molecule has 1 N–H and O–H groups in total. The van der Waals surface area contributed by atoms with Gasteiger partial charge in [0.25, 0.3) is 0 Å². The van der Waals surface area contributed by atoms with E-state index in [1.165, 1.54) is 0 Å². The van der Waals surface area contributed by atoms with Crippen molar-refractivity contribution in [1.82, 2.24) is 15.2 Å². The van der Waals surface area contributed by atoms with Crippen LogP contribution >= 0.6 is 0 Å². The summed E-state index contributed by atoms with van der Waals surface area (Å²) in [7, 11) is 0. The fraction of sp³-hybridized carbons (Fsp3) is 0.412. The third kappa shape index (κ3) is 2.41. The highest BCUT2D eigenvalue weighted by molar-refractivity contribution is 5.82. The molecule has 1 aromatic heterocycles. The van der Waals surface area contributed by atoms with E-state index in [2.05, 4.69) is 10.3 Å². The minimum absolute atomic E-state index is 0.0120. The summed E-state index contributed by atoms with van der Waals surface area (Å²) in [5.41, 5.74) is 1.88. The number of oxazole rings is 1. The molecule has 5 heteroatoms. The maximum Gasteiger partial charge on any atom is 0.240 e. The van der Waals surface area contributed by atoms with Crippen molar-refractivity contribution in [2.24, 2.45) is 0 Å². The molecule has 0 bridgehead atoms. The van der Waals surface area contributed by atoms with Crippen molar-refractivity contribution >= 4 is 5.91 Å². The number of carbonyl (C=O) groups excluding carboxylic acids is 1. The van der Waals surface area contributed by atoms with E-state index >= 15 is 0 Å². The summed E-state index contributed by atoms with van der Waals surface area (Å²) in [4.78, 5) is 19.0. The highest BCUT2D eigenvalue weighted by atomic mass is 16.4. The Morgan fingerprint density at radius 1 is 1.32 bits per heavy atom. The lowest BCUT2D eigenvalue weighted by atomic mass is 10.1. The molecule has 5 nitrogen and oxygen atoms in total. The molecule has 0 radical (unpaired) electrons. The van der Waals surface area contributed by atoms with Gasteiger partial charge in [-0.05, 0) is 31.5 Å². The summed E-state index contributed by atoms with van der Waals surface area (Å²) in [5, 5.41) is 3.27. The Morgan fingerprint density at radius 3 is 2.95 bits per heavy atom. The molecular formula is C17H19N3O2. The third-order valence-corrected chi connectivity index (χ3v) is 4.42. The fourth-order valence-corrected chi connectivity index (χ4v) is 3.21. The van der Waals surface area contributed by atoms with Crippen molar-refractivity contribution < 1.29 is 9.21 Å². The number of amides is 1. The summed E-state index contributed by atoms with van der Waals surface area (Å²) in [6.45, 7) is 2.22. The van der Waals surface area contributed by atoms with Gasteiger partial charge in [0.05, 0.1) is 12.6 Å². The second-order valence-electron chi connectivity index (χ2n) is 5.91. The van der Waals surface area contributed by atoms with E-state index in [1.54, 1.807) is 0 Å². The first-order chi connectivity index (χ1) is 10.8. The van der Waals surface area contributed by atoms with E-state index in [0.717, 1.165) is 42.8 Å². The summed E-state index contributed by atoms with van der Waals surface area (Å²) < 4.78 is 5.88. The largest absolute Gasteiger partial charge is 0.441 e. The van der Waals surface area contributed by atoms with Crippen LogP contribution in [0, 0.1) is 0 Å². The Bertz CT molecular complexity index is 674. The van der Waals surface area contributed by atoms with Crippen LogP contribution in [0.25, 0.3) is 11.5 Å². The van der Waals surface area contributed by atoms with E-state index in [0.29, 0.717) is 19.0 Å². The molecule has 4 rings (SSSR count). The van der Waals surface area contributed by atoms with Gasteiger partial charge in [0, 0.05) is 18.5 Å². The Balaban J connectivity index is 1.54. The maximum absolute atomic E-state index is 12.5. The highest BCUT2D eigenvalue weighted by Crippen LogP contribution is 2.26. The molecule has 1 fully saturated rings. The molecule has 0 unspecified atom stereocenters. The van der Waals surface area contributed by atoms with Crippen LogP contribution in [-0.2, 0) is 17.8 Å². The van der Waals surface area contributed by atoms with Gasteiger partial charge >= 0.3 is 0 Å². The molecular weight excluding hydrogens is 278 g/mol. The van der Waals surface area contributed by atoms with Crippen LogP contribution in [-0.4, -0.2) is 34.9 Å². The van der Waals surface area contributed by atoms with E-state index in [4.69, 9.17) is 4.42 Å². The Kier molecular flexibility index (Phi) is 3.42. The first kappa shape index (κ1) is 13.5. The minimum Gasteiger partial charge on any atom is -0.441 e. The zero-order valence-corrected chi connectivity index (χ0v) is 12.4. The zero-order valence-electron chi connectivity index (χ0n) is 12.4. The van der Waals surface area contributed by atoms with Gasteiger partial charge in [0.15, 0.2) is 0 Å². The molecule has 1 amide bonds. The van der Waals surface area contributed by atoms with Crippen LogP contribution in [0.15, 0.2) is 34.7 Å². The number of aromatic nitrogens is 1. The van der Waals surface area contributed by atoms with E-state index in [9.17, 15) is 4.79 Å². The average Bonchev–Trinajstić information content (AvgIpc) is 3.23. The number of nitrogens with zero attached hydrogens (tertiary/aromatic N) is 2. The summed E-state index contributed by atoms with van der Waals surface area (Å²) >= 11 is 0. The molecule has 2 aromatic rings. The van der Waals surface area contributed by atoms with Gasteiger partial charge in [-0.3, -0.25) is 4.79 Å². The summed E-state index contributed by atoms with van der Waals surface area (Å²) in [5.74, 6) is 1.77. The molecule has 2 aliphatic heterocycles. The highest BCUT2D eigenvalue weighted by Gasteiger charge is 2.31. The normalized spacial score (nSPS) is 20.9. The van der Waals surface area contributed by atoms with Crippen molar-refractivity contribution in [2.75, 3.05) is 13.1 Å². The monoisotopic (exact) mass is 297 g/mol. The summed E-state index contributed by atoms with van der Waals surface area (Å²) in [6.07, 6.45) is 2.77. The van der Waals surface area contributed by atoms with Gasteiger partial charge in [-0.1, -0.05) is 18.2 Å². The van der Waals surface area contributed by atoms with Gasteiger partial charge in [-0.25, -0.2) is 4.98 Å². The van der Waals surface area contributed by atoms with Crippen molar-refractivity contribution in [3.05, 3.63) is 41.8 Å². The fourth-order valence-electron chi connectivity index (χ4n) is 3.21. The van der Waals surface area contributed by atoms with E-state index in [1.807, 2.05) is 35.2 Å². The van der Waals surface area contributed by atoms with Crippen LogP contribution < -0.4 is 5.32 Å². The lowest BCUT2D eigenvalue weighted by Crippen LogP contribution is -2.45. The Morgan fingerprint density at radius 2 is 2.18 bits per heavy atom. The Hall–Kier alpha value is -2.14. The number of fused-ring (bicyclic) bond motifs is 1. The molecule has 22 heavy (non-hydrogen) atoms. The minimum atomic E-state index is -0.0120. The van der Waals surface area contributed by atoms with Crippen LogP contribution in [0.5, 0.6) is 0 Å². The van der Waals surface area contributed by atoms with Gasteiger partial charge in [0.1, 0.15) is 11.5 Å². The lowest BCUT2D eigenvalue weighted by molar-refractivity contribution is -0.134. The predicted octanol–water partition coefficient (Wildman–Crippen LogP) is 1.98. The van der Waals surface area contributed by atoms with E-state index in [-0.39, 0.29) is 11.9 Å². The van der Waals surface area contributed by atoms with Crippen LogP contribution in [0.4, 0.5) is 0 Å². The number of benzene rings is 1. The smallest absolute Gasteiger partial charge is 0.240 e. The lowest BCUT2D eigenvalue weighted by Gasteiger charge is -2.27. The van der Waals surface area contributed by atoms with Crippen LogP contribution in [0.3, 0.4) is 0 Å². The first-order valence-corrected chi connectivity index (χ1v) is 7.87. The number of nitrogens with one attached hydrogen (secondary N) is 1. The standard InChI is InChI=1S/C17H19N3O2/c21-17(13-7-4-9-18-13)20-10-8-15-14(11-20)19-16(22-15)12-5-2-1-3-6-12/h1-3,5-6,13,18H,4,7-11H2/t13-/m0/s1. The average molecular weight is 297 g/mol. The molecule has 0 aliphatic carbocycles. The van der Waals surface area contributed by atoms with E-state index < -0.39 is 0 Å². The molecule has 0 saturated carbocycles. The molecule has 1 saturated heterocycles. The maximum atomic E-state index is 12.5. The second kappa shape index (κ2) is 5.57. The molecule has 0 spiro atoms. The zero-order chi connectivity index (χ0) is 14.9. The van der Waals surface area contributed by atoms with Gasteiger partial charge in [0.2, 0.25) is 11.8 Å². The number of hydrogen-bond donors (Lipinski definition) is 1. The SMILES string of the molecule is O=C([C@@H]1CCCN1)N1CCc2oc(-c3ccccc3)nc2C1. The molecule has 1 aromatic carbocycles. The van der Waals surface area contributed by atoms with Crippen LogP contribution in [0.1, 0.15) is 24.3 Å². The third-order valence-electron chi connectivity index (χ3n) is 4.42. The van der Waals surface area contributed by atoms with Crippen molar-refractivity contribution in [3.63, 3.8) is 0 Å². The topological polar surface area (TPSA) is 58.4 Å². The van der Waals surface area contributed by atoms with Gasteiger partial charge < -0.3 is 14.6 Å². The molecule has 1 atom stereocenters. The number of carbonyl (C=O) groups is 1. The quantitative estimate of drug-likeness (QED) is 0.921. The van der Waals surface area contributed by atoms with Crippen LogP contribution in [0.2, 0.25) is 0 Å². The predicted molar refractivity (Wildman–Crippen MR) is 82.1 cm³/mol. The van der Waals surface area contributed by atoms with Crippen molar-refractivity contribution in [3.8, 4) is 11.5 Å². The first-order valence-electron chi connectivity index (χ1n) is 7.87. The van der Waals surface area contributed by atoms with Gasteiger partial charge in [-0.15, -0.1) is 0 Å². The number of rotatable bonds is 2. The molecule has 2 aliphatic rings. The van der Waals surface area contributed by atoms with Crippen molar-refractivity contribution in [1.29, 1.82) is 0 Å². The Labute approximate surface area is 129 Å². The van der Waals surface area contributed by atoms with Gasteiger partial charge in [-0.2, -0.15) is 0 Å². The summed E-state index contributed by atoms with van der Waals surface area (Å²) in [6, 6.07) is 9.88. The molecule has 3 heterocycles. The molecule has 114 valence electrons. The second-order valence-corrected chi connectivity index (χ2v) is 5.91.